The molecule has 0 fully saturated rings. The summed E-state index contributed by atoms with van der Waals surface area (Å²) in [5.41, 5.74) is 10.00. The molecule has 0 spiro atoms. The van der Waals surface area contributed by atoms with E-state index >= 15 is 0 Å². The molecule has 5 heteroatoms. The molecule has 0 saturated heterocycles. The predicted molar refractivity (Wildman–Crippen MR) is 83.9 cm³/mol. The van der Waals surface area contributed by atoms with Gasteiger partial charge in [0, 0.05) is 11.5 Å². The number of hydrogen-bond acceptors (Lipinski definition) is 3. The second kappa shape index (κ2) is 5.25. The first kappa shape index (κ1) is 13.9. The molecular weight excluding hydrogens is 304 g/mol. The minimum absolute atomic E-state index is 0.308. The summed E-state index contributed by atoms with van der Waals surface area (Å²) in [5.74, 6) is 1.14. The molecular formula is C14H19BrN4. The Morgan fingerprint density at radius 2 is 2.05 bits per heavy atom. The molecule has 2 aromatic rings. The number of anilines is 3. The molecule has 1 heterocycles. The maximum Gasteiger partial charge on any atom is 0.152 e. The van der Waals surface area contributed by atoms with E-state index in [1.165, 1.54) is 5.56 Å². The summed E-state index contributed by atoms with van der Waals surface area (Å²) < 4.78 is 2.80. The SMILES string of the molecule is Cc1ccc(Br)c(Nc2c(N)c(C(C)C)nn2C)c1. The van der Waals surface area contributed by atoms with Crippen LogP contribution < -0.4 is 11.1 Å². The minimum Gasteiger partial charge on any atom is -0.394 e. The van der Waals surface area contributed by atoms with Gasteiger partial charge in [-0.15, -0.1) is 0 Å². The van der Waals surface area contributed by atoms with Crippen LogP contribution in [-0.4, -0.2) is 9.78 Å². The number of halogens is 1. The van der Waals surface area contributed by atoms with Gasteiger partial charge < -0.3 is 11.1 Å². The van der Waals surface area contributed by atoms with Gasteiger partial charge in [0.25, 0.3) is 0 Å². The van der Waals surface area contributed by atoms with Gasteiger partial charge in [-0.05, 0) is 46.5 Å². The van der Waals surface area contributed by atoms with E-state index in [-0.39, 0.29) is 0 Å². The highest BCUT2D eigenvalue weighted by molar-refractivity contribution is 9.10. The van der Waals surface area contributed by atoms with Crippen molar-refractivity contribution in [3.8, 4) is 0 Å². The normalized spacial score (nSPS) is 11.1. The number of hydrogen-bond donors (Lipinski definition) is 2. The number of nitrogens with one attached hydrogen (secondary N) is 1. The number of nitrogens with two attached hydrogens (primary N) is 1. The summed E-state index contributed by atoms with van der Waals surface area (Å²) in [6.07, 6.45) is 0. The Kier molecular flexibility index (Phi) is 3.85. The van der Waals surface area contributed by atoms with Gasteiger partial charge in [0.1, 0.15) is 0 Å². The molecule has 0 aliphatic rings. The number of aryl methyl sites for hydroxylation is 2. The van der Waals surface area contributed by atoms with Crippen molar-refractivity contribution in [3.05, 3.63) is 33.9 Å². The maximum atomic E-state index is 6.18. The summed E-state index contributed by atoms with van der Waals surface area (Å²) in [4.78, 5) is 0. The Morgan fingerprint density at radius 1 is 1.37 bits per heavy atom. The van der Waals surface area contributed by atoms with E-state index in [1.807, 2.05) is 13.1 Å². The van der Waals surface area contributed by atoms with Crippen LogP contribution in [0, 0.1) is 6.92 Å². The molecule has 0 unspecified atom stereocenters. The third-order valence-electron chi connectivity index (χ3n) is 3.03. The van der Waals surface area contributed by atoms with Crippen LogP contribution in [0.3, 0.4) is 0 Å². The van der Waals surface area contributed by atoms with Crippen LogP contribution in [0.1, 0.15) is 31.0 Å². The summed E-state index contributed by atoms with van der Waals surface area (Å²) >= 11 is 3.54. The molecule has 0 amide bonds. The molecule has 19 heavy (non-hydrogen) atoms. The standard InChI is InChI=1S/C14H19BrN4/c1-8(2)13-12(16)14(19(4)18-13)17-11-7-9(3)5-6-10(11)15/h5-8,17H,16H2,1-4H3. The molecule has 1 aromatic heterocycles. The highest BCUT2D eigenvalue weighted by atomic mass is 79.9. The zero-order chi connectivity index (χ0) is 14.2. The van der Waals surface area contributed by atoms with Gasteiger partial charge in [0.05, 0.1) is 17.1 Å². The van der Waals surface area contributed by atoms with Gasteiger partial charge in [-0.1, -0.05) is 19.9 Å². The van der Waals surface area contributed by atoms with Crippen molar-refractivity contribution in [2.24, 2.45) is 7.05 Å². The molecule has 0 atom stereocenters. The van der Waals surface area contributed by atoms with E-state index < -0.39 is 0 Å². The van der Waals surface area contributed by atoms with Gasteiger partial charge in [-0.3, -0.25) is 4.68 Å². The summed E-state index contributed by atoms with van der Waals surface area (Å²) in [7, 11) is 1.90. The maximum absolute atomic E-state index is 6.18. The van der Waals surface area contributed by atoms with Crippen LogP contribution >= 0.6 is 15.9 Å². The smallest absolute Gasteiger partial charge is 0.152 e. The van der Waals surface area contributed by atoms with Crippen molar-refractivity contribution in [1.29, 1.82) is 0 Å². The topological polar surface area (TPSA) is 55.9 Å². The van der Waals surface area contributed by atoms with Crippen molar-refractivity contribution in [2.75, 3.05) is 11.1 Å². The van der Waals surface area contributed by atoms with Crippen LogP contribution in [-0.2, 0) is 7.05 Å². The lowest BCUT2D eigenvalue weighted by Crippen LogP contribution is -2.02. The summed E-state index contributed by atoms with van der Waals surface area (Å²) in [6, 6.07) is 6.15. The fourth-order valence-electron chi connectivity index (χ4n) is 2.00. The zero-order valence-electron chi connectivity index (χ0n) is 11.7. The second-order valence-corrected chi connectivity index (χ2v) is 5.89. The fraction of sp³-hybridized carbons (Fsp3) is 0.357. The first-order valence-corrected chi connectivity index (χ1v) is 7.05. The summed E-state index contributed by atoms with van der Waals surface area (Å²) in [5, 5.41) is 7.83. The largest absolute Gasteiger partial charge is 0.394 e. The van der Waals surface area contributed by atoms with Crippen LogP contribution in [0.15, 0.2) is 22.7 Å². The fourth-order valence-corrected chi connectivity index (χ4v) is 2.34. The van der Waals surface area contributed by atoms with E-state index in [2.05, 4.69) is 59.2 Å². The van der Waals surface area contributed by atoms with Crippen LogP contribution in [0.5, 0.6) is 0 Å². The molecule has 0 bridgehead atoms. The van der Waals surface area contributed by atoms with Crippen molar-refractivity contribution in [2.45, 2.75) is 26.7 Å². The van der Waals surface area contributed by atoms with Crippen molar-refractivity contribution in [3.63, 3.8) is 0 Å². The van der Waals surface area contributed by atoms with Gasteiger partial charge in [-0.25, -0.2) is 0 Å². The predicted octanol–water partition coefficient (Wildman–Crippen LogP) is 3.94. The van der Waals surface area contributed by atoms with E-state index in [4.69, 9.17) is 5.73 Å². The summed E-state index contributed by atoms with van der Waals surface area (Å²) in [6.45, 7) is 6.24. The Morgan fingerprint density at radius 3 is 2.63 bits per heavy atom. The van der Waals surface area contributed by atoms with Gasteiger partial charge >= 0.3 is 0 Å². The van der Waals surface area contributed by atoms with Crippen LogP contribution in [0.4, 0.5) is 17.2 Å². The van der Waals surface area contributed by atoms with E-state index in [1.54, 1.807) is 4.68 Å². The number of nitrogens with zero attached hydrogens (tertiary/aromatic N) is 2. The number of rotatable bonds is 3. The Labute approximate surface area is 122 Å². The first-order valence-electron chi connectivity index (χ1n) is 6.25. The molecule has 0 aliphatic carbocycles. The minimum atomic E-state index is 0.308. The monoisotopic (exact) mass is 322 g/mol. The zero-order valence-corrected chi connectivity index (χ0v) is 13.2. The second-order valence-electron chi connectivity index (χ2n) is 5.03. The molecule has 0 aliphatic heterocycles. The lowest BCUT2D eigenvalue weighted by Gasteiger charge is -2.10. The Hall–Kier alpha value is -1.49. The van der Waals surface area contributed by atoms with Crippen LogP contribution in [0.25, 0.3) is 0 Å². The third kappa shape index (κ3) is 2.76. The van der Waals surface area contributed by atoms with Crippen molar-refractivity contribution < 1.29 is 0 Å². The Balaban J connectivity index is 2.41. The van der Waals surface area contributed by atoms with Crippen molar-refractivity contribution >= 4 is 33.1 Å². The lowest BCUT2D eigenvalue weighted by atomic mass is 10.1. The molecule has 4 nitrogen and oxygen atoms in total. The molecule has 0 radical (unpaired) electrons. The van der Waals surface area contributed by atoms with E-state index in [0.717, 1.165) is 21.7 Å². The van der Waals surface area contributed by atoms with Crippen LogP contribution in [0.2, 0.25) is 0 Å². The van der Waals surface area contributed by atoms with Crippen molar-refractivity contribution in [1.82, 2.24) is 9.78 Å². The molecule has 3 N–H and O–H groups in total. The van der Waals surface area contributed by atoms with Gasteiger partial charge in [0.15, 0.2) is 5.82 Å². The average molecular weight is 323 g/mol. The number of aromatic nitrogens is 2. The third-order valence-corrected chi connectivity index (χ3v) is 3.73. The highest BCUT2D eigenvalue weighted by Crippen LogP contribution is 2.33. The lowest BCUT2D eigenvalue weighted by molar-refractivity contribution is 0.718. The molecule has 0 saturated carbocycles. The number of benzene rings is 1. The number of nitrogen functional groups attached to an aromatic ring is 1. The van der Waals surface area contributed by atoms with E-state index in [9.17, 15) is 0 Å². The molecule has 2 rings (SSSR count). The molecule has 102 valence electrons. The quantitative estimate of drug-likeness (QED) is 0.899. The van der Waals surface area contributed by atoms with Gasteiger partial charge in [-0.2, -0.15) is 5.10 Å². The Bertz CT molecular complexity index is 602. The first-order chi connectivity index (χ1) is 8.90. The molecule has 1 aromatic carbocycles. The van der Waals surface area contributed by atoms with E-state index in [0.29, 0.717) is 11.6 Å². The highest BCUT2D eigenvalue weighted by Gasteiger charge is 2.16. The van der Waals surface area contributed by atoms with Gasteiger partial charge in [0.2, 0.25) is 0 Å². The average Bonchev–Trinajstić information content (AvgIpc) is 2.62.